The highest BCUT2D eigenvalue weighted by Crippen LogP contribution is 2.37. The first-order valence-electron chi connectivity index (χ1n) is 16.6. The van der Waals surface area contributed by atoms with Gasteiger partial charge < -0.3 is 24.8 Å². The fourth-order valence-electron chi connectivity index (χ4n) is 5.58. The Kier molecular flexibility index (Phi) is 9.70. The number of amides is 1. The summed E-state index contributed by atoms with van der Waals surface area (Å²) in [5, 5.41) is 12.2. The molecule has 4 aromatic carbocycles. The Morgan fingerprint density at radius 1 is 0.840 bits per heavy atom. The zero-order valence-corrected chi connectivity index (χ0v) is 28.0. The molecule has 2 aromatic heterocycles. The first-order valence-corrected chi connectivity index (χ1v) is 16.6. The highest BCUT2D eigenvalue weighted by Gasteiger charge is 2.25. The summed E-state index contributed by atoms with van der Waals surface area (Å²) < 4.78 is 19.6. The number of nitrogens with zero attached hydrogens (tertiary/aromatic N) is 4. The van der Waals surface area contributed by atoms with Crippen LogP contribution in [0, 0.1) is 0 Å². The van der Waals surface area contributed by atoms with E-state index >= 15 is 0 Å². The van der Waals surface area contributed by atoms with Crippen molar-refractivity contribution in [1.82, 2.24) is 19.7 Å². The number of benzene rings is 4. The van der Waals surface area contributed by atoms with E-state index in [1.54, 1.807) is 19.4 Å². The first-order chi connectivity index (χ1) is 24.5. The molecule has 2 N–H and O–H groups in total. The summed E-state index contributed by atoms with van der Waals surface area (Å²) in [5.41, 5.74) is 2.96. The van der Waals surface area contributed by atoms with Crippen LogP contribution in [0.5, 0.6) is 28.7 Å². The van der Waals surface area contributed by atoms with Gasteiger partial charge in [0.25, 0.3) is 0 Å². The van der Waals surface area contributed by atoms with Crippen molar-refractivity contribution in [1.29, 1.82) is 0 Å². The number of aromatic nitrogens is 3. The number of pyridine rings is 1. The van der Waals surface area contributed by atoms with E-state index in [-0.39, 0.29) is 5.91 Å². The summed E-state index contributed by atoms with van der Waals surface area (Å²) in [7, 11) is 3.73. The molecule has 1 saturated carbocycles. The van der Waals surface area contributed by atoms with Gasteiger partial charge in [0.05, 0.1) is 25.0 Å². The quantitative estimate of drug-likeness (QED) is 0.112. The number of nitrogens with one attached hydrogen (secondary N) is 2. The molecule has 7 rings (SSSR count). The maximum Gasteiger partial charge on any atom is 0.248 e. The molecule has 50 heavy (non-hydrogen) atoms. The van der Waals surface area contributed by atoms with Crippen LogP contribution in [0.2, 0.25) is 0 Å². The molecule has 0 radical (unpaired) electrons. The minimum absolute atomic E-state index is 0.205. The van der Waals surface area contributed by atoms with Crippen molar-refractivity contribution in [2.75, 3.05) is 31.3 Å². The number of carbonyl (C=O) groups is 1. The highest BCUT2D eigenvalue weighted by atomic mass is 16.5. The topological polar surface area (TPSA) is 103 Å². The Morgan fingerprint density at radius 2 is 1.50 bits per heavy atom. The van der Waals surface area contributed by atoms with Crippen LogP contribution in [0.25, 0.3) is 11.0 Å². The molecule has 0 aliphatic heterocycles. The number of rotatable bonds is 14. The summed E-state index contributed by atoms with van der Waals surface area (Å²) >= 11 is 0. The maximum atomic E-state index is 12.9. The lowest BCUT2D eigenvalue weighted by atomic mass is 10.2. The summed E-state index contributed by atoms with van der Waals surface area (Å²) in [6.07, 6.45) is 7.63. The molecular weight excluding hydrogens is 628 g/mol. The molecule has 0 unspecified atom stereocenters. The van der Waals surface area contributed by atoms with Crippen molar-refractivity contribution < 1.29 is 19.0 Å². The molecule has 1 amide bonds. The average molecular weight is 667 g/mol. The van der Waals surface area contributed by atoms with Crippen LogP contribution in [0.3, 0.4) is 0 Å². The van der Waals surface area contributed by atoms with Crippen LogP contribution in [0.15, 0.2) is 128 Å². The molecular formula is C40H38N6O4. The molecule has 0 atom stereocenters. The van der Waals surface area contributed by atoms with E-state index in [1.807, 2.05) is 120 Å². The van der Waals surface area contributed by atoms with Crippen molar-refractivity contribution in [3.8, 4) is 28.7 Å². The number of hydrogen-bond acceptors (Lipinski definition) is 8. The van der Waals surface area contributed by atoms with Gasteiger partial charge in [0.15, 0.2) is 11.5 Å². The van der Waals surface area contributed by atoms with Gasteiger partial charge in [0.1, 0.15) is 34.1 Å². The van der Waals surface area contributed by atoms with E-state index in [2.05, 4.69) is 22.6 Å². The van der Waals surface area contributed by atoms with Crippen LogP contribution in [-0.4, -0.2) is 52.3 Å². The van der Waals surface area contributed by atoms with Crippen molar-refractivity contribution in [3.63, 3.8) is 0 Å². The summed E-state index contributed by atoms with van der Waals surface area (Å²) in [6.45, 7) is 1.19. The monoisotopic (exact) mass is 666 g/mol. The van der Waals surface area contributed by atoms with Gasteiger partial charge in [-0.1, -0.05) is 48.5 Å². The average Bonchev–Trinajstić information content (AvgIpc) is 3.94. The minimum Gasteiger partial charge on any atom is -0.497 e. The number of ether oxygens (including phenoxy) is 3. The lowest BCUT2D eigenvalue weighted by Gasteiger charge is -2.13. The molecule has 0 saturated heterocycles. The van der Waals surface area contributed by atoms with E-state index in [4.69, 9.17) is 24.3 Å². The Bertz CT molecular complexity index is 2090. The van der Waals surface area contributed by atoms with Crippen LogP contribution < -0.4 is 24.8 Å². The van der Waals surface area contributed by atoms with Gasteiger partial charge >= 0.3 is 0 Å². The molecule has 0 bridgehead atoms. The molecule has 2 heterocycles. The van der Waals surface area contributed by atoms with Gasteiger partial charge in [-0.15, -0.1) is 0 Å². The zero-order valence-electron chi connectivity index (χ0n) is 28.0. The Labute approximate surface area is 290 Å². The number of hydrogen-bond donors (Lipinski definition) is 2. The standard InChI is InChI=1S/C40H38N6O4/c1-45(29-16-17-29)26-8-13-37(47)42-34-11-6-7-12-35(34)43-39-38-36(50-33-22-20-32(21-23-33)49-31-9-4-3-5-10-31)24-25-41-40(38)46(44-39)27-28-14-18-30(48-2)19-15-28/h3-15,18-25,29H,16-17,26-27H2,1-2H3,(H,42,47)(H,43,44)/b13-8+. The molecule has 1 fully saturated rings. The second-order valence-electron chi connectivity index (χ2n) is 12.1. The van der Waals surface area contributed by atoms with Gasteiger partial charge in [0, 0.05) is 30.9 Å². The van der Waals surface area contributed by atoms with Crippen molar-refractivity contribution in [3.05, 3.63) is 133 Å². The fraction of sp³-hybridized carbons (Fsp3) is 0.175. The second-order valence-corrected chi connectivity index (χ2v) is 12.1. The Balaban J connectivity index is 1.17. The number of para-hydroxylation sites is 3. The van der Waals surface area contributed by atoms with Gasteiger partial charge in [-0.2, -0.15) is 5.10 Å². The molecule has 0 spiro atoms. The van der Waals surface area contributed by atoms with E-state index in [9.17, 15) is 4.79 Å². The van der Waals surface area contributed by atoms with Gasteiger partial charge in [0.2, 0.25) is 5.91 Å². The van der Waals surface area contributed by atoms with Gasteiger partial charge in [-0.05, 0) is 86.1 Å². The molecule has 1 aliphatic carbocycles. The minimum atomic E-state index is -0.205. The van der Waals surface area contributed by atoms with Crippen LogP contribution in [0.4, 0.5) is 17.2 Å². The van der Waals surface area contributed by atoms with Crippen LogP contribution >= 0.6 is 0 Å². The van der Waals surface area contributed by atoms with Crippen molar-refractivity contribution >= 4 is 34.1 Å². The predicted molar refractivity (Wildman–Crippen MR) is 196 cm³/mol. The number of fused-ring (bicyclic) bond motifs is 1. The third kappa shape index (κ3) is 7.94. The molecule has 1 aliphatic rings. The maximum absolute atomic E-state index is 12.9. The lowest BCUT2D eigenvalue weighted by Crippen LogP contribution is -2.20. The number of carbonyl (C=O) groups excluding carboxylic acids is 1. The molecule has 10 heteroatoms. The third-order valence-corrected chi connectivity index (χ3v) is 8.39. The van der Waals surface area contributed by atoms with E-state index in [0.29, 0.717) is 58.1 Å². The number of methoxy groups -OCH3 is 1. The number of anilines is 3. The van der Waals surface area contributed by atoms with Crippen molar-refractivity contribution in [2.24, 2.45) is 0 Å². The smallest absolute Gasteiger partial charge is 0.248 e. The summed E-state index contributed by atoms with van der Waals surface area (Å²) in [4.78, 5) is 19.9. The normalized spacial score (nSPS) is 12.7. The van der Waals surface area contributed by atoms with Gasteiger partial charge in [-0.25, -0.2) is 9.67 Å². The zero-order chi connectivity index (χ0) is 34.3. The first kappa shape index (κ1) is 32.4. The number of likely N-dealkylation sites (N-methyl/N-ethyl adjacent to an activating group) is 1. The molecule has 10 nitrogen and oxygen atoms in total. The highest BCUT2D eigenvalue weighted by molar-refractivity contribution is 6.03. The van der Waals surface area contributed by atoms with Crippen LogP contribution in [0.1, 0.15) is 18.4 Å². The van der Waals surface area contributed by atoms with Gasteiger partial charge in [-0.3, -0.25) is 9.69 Å². The van der Waals surface area contributed by atoms with Crippen molar-refractivity contribution in [2.45, 2.75) is 25.4 Å². The summed E-state index contributed by atoms with van der Waals surface area (Å²) in [6, 6.07) is 34.9. The third-order valence-electron chi connectivity index (χ3n) is 8.39. The second kappa shape index (κ2) is 15.0. The molecule has 6 aromatic rings. The van der Waals surface area contributed by atoms with E-state index in [0.717, 1.165) is 23.6 Å². The molecule has 252 valence electrons. The summed E-state index contributed by atoms with van der Waals surface area (Å²) in [5.74, 6) is 3.75. The predicted octanol–water partition coefficient (Wildman–Crippen LogP) is 8.41. The Morgan fingerprint density at radius 3 is 2.22 bits per heavy atom. The van der Waals surface area contributed by atoms with Crippen LogP contribution in [-0.2, 0) is 11.3 Å². The lowest BCUT2D eigenvalue weighted by molar-refractivity contribution is -0.111. The Hall–Kier alpha value is -6.13. The van der Waals surface area contributed by atoms with E-state index in [1.165, 1.54) is 12.8 Å². The SMILES string of the molecule is COc1ccc(Cn2nc(Nc3ccccc3NC(=O)/C=C/CN(C)C3CC3)c3c(Oc4ccc(Oc5ccccc5)cc4)ccnc32)cc1. The largest absolute Gasteiger partial charge is 0.497 e. The fourth-order valence-corrected chi connectivity index (χ4v) is 5.58. The van der Waals surface area contributed by atoms with E-state index < -0.39 is 0 Å².